The summed E-state index contributed by atoms with van der Waals surface area (Å²) in [6.07, 6.45) is -2.61. The average Bonchev–Trinajstić information content (AvgIpc) is 2.59. The number of hydrogen-bond donors (Lipinski definition) is 1. The van der Waals surface area contributed by atoms with Crippen LogP contribution in [0.5, 0.6) is 0 Å². The number of carbonyl (C=O) groups is 1. The summed E-state index contributed by atoms with van der Waals surface area (Å²) in [4.78, 5) is 17.2. The third-order valence-electron chi connectivity index (χ3n) is 4.11. The summed E-state index contributed by atoms with van der Waals surface area (Å²) in [6, 6.07) is 9.98. The third kappa shape index (κ3) is 3.26. The van der Waals surface area contributed by atoms with E-state index in [9.17, 15) is 23.1 Å². The first kappa shape index (κ1) is 18.3. The number of pyridine rings is 1. The Hall–Kier alpha value is -2.54. The van der Waals surface area contributed by atoms with Gasteiger partial charge in [0.2, 0.25) is 0 Å². The molecule has 0 spiro atoms. The Labute approximate surface area is 151 Å². The molecule has 3 nitrogen and oxygen atoms in total. The van der Waals surface area contributed by atoms with Gasteiger partial charge in [0.05, 0.1) is 22.3 Å². The van der Waals surface area contributed by atoms with E-state index in [0.29, 0.717) is 16.5 Å². The maximum Gasteiger partial charge on any atom is 0.416 e. The highest BCUT2D eigenvalue weighted by Gasteiger charge is 2.31. The second kappa shape index (κ2) is 6.64. The van der Waals surface area contributed by atoms with Gasteiger partial charge in [-0.25, -0.2) is 9.78 Å². The zero-order valence-electron chi connectivity index (χ0n) is 13.9. The largest absolute Gasteiger partial charge is 0.478 e. The van der Waals surface area contributed by atoms with Crippen molar-refractivity contribution in [1.29, 1.82) is 0 Å². The molecule has 26 heavy (non-hydrogen) atoms. The molecule has 1 aromatic heterocycles. The molecule has 3 rings (SSSR count). The number of alkyl halides is 3. The van der Waals surface area contributed by atoms with Crippen LogP contribution in [0.25, 0.3) is 22.2 Å². The third-order valence-corrected chi connectivity index (χ3v) is 4.84. The lowest BCUT2D eigenvalue weighted by atomic mass is 9.97. The zero-order valence-corrected chi connectivity index (χ0v) is 14.7. The fourth-order valence-electron chi connectivity index (χ4n) is 2.86. The van der Waals surface area contributed by atoms with E-state index in [1.54, 1.807) is 25.1 Å². The Morgan fingerprint density at radius 1 is 1.15 bits per heavy atom. The molecule has 1 heterocycles. The molecular formula is C19H14F3NO2S. The van der Waals surface area contributed by atoms with E-state index >= 15 is 0 Å². The predicted octanol–water partition coefficient (Wildman–Crippen LogP) is 5.65. The molecule has 0 amide bonds. The van der Waals surface area contributed by atoms with Crippen molar-refractivity contribution < 1.29 is 23.1 Å². The van der Waals surface area contributed by atoms with Crippen LogP contribution in [-0.2, 0) is 6.18 Å². The van der Waals surface area contributed by atoms with Gasteiger partial charge in [0, 0.05) is 15.8 Å². The number of benzene rings is 2. The Morgan fingerprint density at radius 2 is 1.88 bits per heavy atom. The van der Waals surface area contributed by atoms with Crippen molar-refractivity contribution in [1.82, 2.24) is 4.98 Å². The quantitative estimate of drug-likeness (QED) is 0.599. The Kier molecular flexibility index (Phi) is 4.66. The number of halogens is 3. The number of nitrogens with zero attached hydrogens (tertiary/aromatic N) is 1. The molecule has 7 heteroatoms. The van der Waals surface area contributed by atoms with E-state index in [2.05, 4.69) is 4.98 Å². The van der Waals surface area contributed by atoms with Crippen LogP contribution < -0.4 is 0 Å². The summed E-state index contributed by atoms with van der Waals surface area (Å²) >= 11 is 1.47. The van der Waals surface area contributed by atoms with Gasteiger partial charge in [-0.1, -0.05) is 12.1 Å². The highest BCUT2D eigenvalue weighted by Crippen LogP contribution is 2.35. The molecule has 0 aliphatic heterocycles. The molecule has 0 radical (unpaired) electrons. The first-order valence-corrected chi connectivity index (χ1v) is 8.84. The molecule has 3 aromatic rings. The van der Waals surface area contributed by atoms with Crippen molar-refractivity contribution in [2.24, 2.45) is 0 Å². The Morgan fingerprint density at radius 3 is 2.50 bits per heavy atom. The molecule has 0 atom stereocenters. The smallest absolute Gasteiger partial charge is 0.416 e. The van der Waals surface area contributed by atoms with Crippen molar-refractivity contribution in [3.05, 3.63) is 59.2 Å². The minimum atomic E-state index is -4.48. The lowest BCUT2D eigenvalue weighted by Gasteiger charge is -2.14. The number of aromatic carboxylic acids is 1. The highest BCUT2D eigenvalue weighted by atomic mass is 32.2. The van der Waals surface area contributed by atoms with Gasteiger partial charge in [0.15, 0.2) is 0 Å². The first-order valence-electron chi connectivity index (χ1n) is 7.61. The summed E-state index contributed by atoms with van der Waals surface area (Å²) in [7, 11) is 0. The zero-order chi connectivity index (χ0) is 19.1. The first-order chi connectivity index (χ1) is 12.2. The fourth-order valence-corrected chi connectivity index (χ4v) is 3.30. The number of carboxylic acid groups (broad SMARTS) is 1. The second-order valence-electron chi connectivity index (χ2n) is 5.73. The fraction of sp³-hybridized carbons (Fsp3) is 0.158. The highest BCUT2D eigenvalue weighted by molar-refractivity contribution is 7.98. The van der Waals surface area contributed by atoms with Crippen LogP contribution in [0.15, 0.2) is 47.4 Å². The van der Waals surface area contributed by atoms with Crippen LogP contribution in [-0.4, -0.2) is 22.3 Å². The van der Waals surface area contributed by atoms with Gasteiger partial charge in [-0.3, -0.25) is 0 Å². The van der Waals surface area contributed by atoms with Gasteiger partial charge in [-0.15, -0.1) is 11.8 Å². The van der Waals surface area contributed by atoms with Crippen LogP contribution in [0.3, 0.4) is 0 Å². The van der Waals surface area contributed by atoms with E-state index in [1.807, 2.05) is 6.26 Å². The number of carboxylic acids is 1. The topological polar surface area (TPSA) is 50.2 Å². The molecule has 1 N–H and O–H groups in total. The van der Waals surface area contributed by atoms with E-state index in [4.69, 9.17) is 0 Å². The maximum absolute atomic E-state index is 13.0. The molecule has 0 saturated heterocycles. The monoisotopic (exact) mass is 377 g/mol. The summed E-state index contributed by atoms with van der Waals surface area (Å²) in [5.74, 6) is -1.14. The molecule has 0 fully saturated rings. The number of rotatable bonds is 3. The van der Waals surface area contributed by atoms with Crippen molar-refractivity contribution >= 4 is 28.6 Å². The Balaban J connectivity index is 2.31. The molecule has 0 aliphatic rings. The summed E-state index contributed by atoms with van der Waals surface area (Å²) in [5, 5.41) is 10.1. The van der Waals surface area contributed by atoms with Gasteiger partial charge in [0.25, 0.3) is 0 Å². The summed E-state index contributed by atoms with van der Waals surface area (Å²) in [5.41, 5.74) is 0.485. The van der Waals surface area contributed by atoms with Crippen LogP contribution in [0.1, 0.15) is 21.5 Å². The number of hydrogen-bond acceptors (Lipinski definition) is 3. The minimum absolute atomic E-state index is 0.0540. The Bertz CT molecular complexity index is 1020. The molecule has 2 aromatic carbocycles. The molecule has 0 aliphatic carbocycles. The molecule has 134 valence electrons. The van der Waals surface area contributed by atoms with Crippen molar-refractivity contribution in [2.75, 3.05) is 6.26 Å². The van der Waals surface area contributed by atoms with Crippen LogP contribution in [0.4, 0.5) is 13.2 Å². The summed E-state index contributed by atoms with van der Waals surface area (Å²) < 4.78 is 39.0. The lowest BCUT2D eigenvalue weighted by Crippen LogP contribution is -2.07. The van der Waals surface area contributed by atoms with E-state index in [-0.39, 0.29) is 16.8 Å². The van der Waals surface area contributed by atoms with Crippen molar-refractivity contribution in [3.8, 4) is 11.3 Å². The standard InChI is InChI=1S/C19H14F3NO2S/c1-10-16(18(24)25)14-9-13(26-2)6-7-15(14)23-17(10)11-4-3-5-12(8-11)19(20,21)22/h3-9H,1-2H3,(H,24,25). The van der Waals surface area contributed by atoms with Crippen molar-refractivity contribution in [2.45, 2.75) is 18.0 Å². The minimum Gasteiger partial charge on any atom is -0.478 e. The van der Waals surface area contributed by atoms with Gasteiger partial charge in [0.1, 0.15) is 0 Å². The molecule has 0 saturated carbocycles. The van der Waals surface area contributed by atoms with E-state index in [1.165, 1.54) is 23.9 Å². The average molecular weight is 377 g/mol. The normalized spacial score (nSPS) is 11.7. The molecule has 0 unspecified atom stereocenters. The van der Waals surface area contributed by atoms with Gasteiger partial charge >= 0.3 is 12.1 Å². The van der Waals surface area contributed by atoms with Gasteiger partial charge in [-0.05, 0) is 49.1 Å². The van der Waals surface area contributed by atoms with E-state index < -0.39 is 17.7 Å². The lowest BCUT2D eigenvalue weighted by molar-refractivity contribution is -0.137. The maximum atomic E-state index is 13.0. The van der Waals surface area contributed by atoms with Gasteiger partial charge in [-0.2, -0.15) is 13.2 Å². The number of thioether (sulfide) groups is 1. The SMILES string of the molecule is CSc1ccc2nc(-c3cccc(C(F)(F)F)c3)c(C)c(C(=O)O)c2c1. The second-order valence-corrected chi connectivity index (χ2v) is 6.61. The van der Waals surface area contributed by atoms with E-state index in [0.717, 1.165) is 17.0 Å². The number of aromatic nitrogens is 1. The molecule has 0 bridgehead atoms. The molecular weight excluding hydrogens is 363 g/mol. The van der Waals surface area contributed by atoms with Crippen LogP contribution in [0.2, 0.25) is 0 Å². The summed E-state index contributed by atoms with van der Waals surface area (Å²) in [6.45, 7) is 1.57. The van der Waals surface area contributed by atoms with Crippen molar-refractivity contribution in [3.63, 3.8) is 0 Å². The number of fused-ring (bicyclic) bond motifs is 1. The van der Waals surface area contributed by atoms with Crippen LogP contribution >= 0.6 is 11.8 Å². The predicted molar refractivity (Wildman–Crippen MR) is 95.7 cm³/mol. The van der Waals surface area contributed by atoms with Crippen LogP contribution in [0, 0.1) is 6.92 Å². The van der Waals surface area contributed by atoms with Gasteiger partial charge < -0.3 is 5.11 Å².